The monoisotopic (exact) mass is 451 g/mol. The quantitative estimate of drug-likeness (QED) is 0.256. The molecule has 0 aliphatic heterocycles. The first-order valence-electron chi connectivity index (χ1n) is 11.1. The third-order valence-electron chi connectivity index (χ3n) is 5.16. The largest absolute Gasteiger partial charge is 0.426 e. The molecule has 0 N–H and O–H groups in total. The minimum absolute atomic E-state index is 0.192. The van der Waals surface area contributed by atoms with Crippen LogP contribution in [0.2, 0.25) is 5.02 Å². The molecule has 1 aromatic heterocycles. The smallest absolute Gasteiger partial charge is 0.311 e. The maximum Gasteiger partial charge on any atom is 0.311 e. The molecule has 168 valence electrons. The Morgan fingerprint density at radius 2 is 1.84 bits per heavy atom. The molecule has 0 radical (unpaired) electrons. The molecular formula is C26H30ClN3O2. The summed E-state index contributed by atoms with van der Waals surface area (Å²) in [5, 5.41) is 0.696. The highest BCUT2D eigenvalue weighted by atomic mass is 35.5. The van der Waals surface area contributed by atoms with E-state index in [-0.39, 0.29) is 5.97 Å². The number of nitrogens with zero attached hydrogens (tertiary/aromatic N) is 3. The highest BCUT2D eigenvalue weighted by molar-refractivity contribution is 6.30. The minimum Gasteiger partial charge on any atom is -0.426 e. The Kier molecular flexibility index (Phi) is 8.63. The minimum atomic E-state index is -0.192. The zero-order valence-electron chi connectivity index (χ0n) is 19.0. The molecule has 3 aromatic rings. The molecule has 5 nitrogen and oxygen atoms in total. The molecule has 2 aromatic carbocycles. The number of aromatic nitrogens is 2. The van der Waals surface area contributed by atoms with Gasteiger partial charge in [0.15, 0.2) is 0 Å². The van der Waals surface area contributed by atoms with E-state index in [9.17, 15) is 4.79 Å². The molecule has 6 heteroatoms. The fraction of sp³-hybridized carbons (Fsp3) is 0.346. The Hall–Kier alpha value is -2.92. The fourth-order valence-electron chi connectivity index (χ4n) is 3.41. The molecule has 3 rings (SSSR count). The lowest BCUT2D eigenvalue weighted by Crippen LogP contribution is -2.25. The van der Waals surface area contributed by atoms with Crippen LogP contribution < -0.4 is 9.64 Å². The summed E-state index contributed by atoms with van der Waals surface area (Å²) in [6.07, 6.45) is 6.93. The third-order valence-corrected chi connectivity index (χ3v) is 5.41. The van der Waals surface area contributed by atoms with E-state index in [2.05, 4.69) is 22.9 Å². The molecule has 0 spiro atoms. The van der Waals surface area contributed by atoms with E-state index in [0.717, 1.165) is 54.0 Å². The number of hydrogen-bond acceptors (Lipinski definition) is 5. The maximum absolute atomic E-state index is 11.8. The summed E-state index contributed by atoms with van der Waals surface area (Å²) in [4.78, 5) is 23.4. The Bertz CT molecular complexity index is 1040. The van der Waals surface area contributed by atoms with E-state index in [1.165, 1.54) is 0 Å². The van der Waals surface area contributed by atoms with Gasteiger partial charge in [-0.05, 0) is 49.1 Å². The molecule has 0 atom stereocenters. The van der Waals surface area contributed by atoms with Gasteiger partial charge in [-0.25, -0.2) is 4.98 Å². The first-order valence-corrected chi connectivity index (χ1v) is 11.5. The van der Waals surface area contributed by atoms with Gasteiger partial charge in [0.25, 0.3) is 0 Å². The van der Waals surface area contributed by atoms with Crippen LogP contribution in [0.25, 0.3) is 11.3 Å². The van der Waals surface area contributed by atoms with E-state index >= 15 is 0 Å². The Labute approximate surface area is 195 Å². The summed E-state index contributed by atoms with van der Waals surface area (Å²) in [7, 11) is 0. The first kappa shape index (κ1) is 23.7. The van der Waals surface area contributed by atoms with Crippen LogP contribution in [-0.2, 0) is 11.3 Å². The van der Waals surface area contributed by atoms with Crippen molar-refractivity contribution >= 4 is 23.4 Å². The van der Waals surface area contributed by atoms with E-state index in [1.54, 1.807) is 6.20 Å². The van der Waals surface area contributed by atoms with Gasteiger partial charge in [-0.1, -0.05) is 56.1 Å². The van der Waals surface area contributed by atoms with Crippen LogP contribution in [0.15, 0.2) is 54.9 Å². The number of anilines is 1. The summed E-state index contributed by atoms with van der Waals surface area (Å²) >= 11 is 6.02. The maximum atomic E-state index is 11.8. The van der Waals surface area contributed by atoms with Gasteiger partial charge in [-0.2, -0.15) is 0 Å². The average Bonchev–Trinajstić information content (AvgIpc) is 2.79. The molecule has 32 heavy (non-hydrogen) atoms. The first-order chi connectivity index (χ1) is 15.5. The van der Waals surface area contributed by atoms with Crippen molar-refractivity contribution in [2.24, 2.45) is 0 Å². The lowest BCUT2D eigenvalue weighted by Gasteiger charge is -2.24. The van der Waals surface area contributed by atoms with Crippen LogP contribution in [0.5, 0.6) is 5.75 Å². The number of rotatable bonds is 10. The molecule has 1 heterocycles. The Morgan fingerprint density at radius 1 is 1.06 bits per heavy atom. The van der Waals surface area contributed by atoms with Crippen molar-refractivity contribution in [3.63, 3.8) is 0 Å². The summed E-state index contributed by atoms with van der Waals surface area (Å²) in [5.74, 6) is 1.26. The summed E-state index contributed by atoms with van der Waals surface area (Å²) < 4.78 is 5.48. The standard InChI is InChI=1S/C26H30ClN3O2/c1-4-6-14-30(18-20-8-13-24(19(3)15-20)32-26(31)7-5-2)25-17-28-16-23(29-25)21-9-11-22(27)12-10-21/h8-13,15-17H,4-7,14,18H2,1-3H3. The van der Waals surface area contributed by atoms with Gasteiger partial charge in [0.05, 0.1) is 18.1 Å². The molecule has 0 unspecified atom stereocenters. The number of benzene rings is 2. The zero-order valence-corrected chi connectivity index (χ0v) is 19.7. The molecule has 0 amide bonds. The molecule has 0 aliphatic carbocycles. The van der Waals surface area contributed by atoms with Gasteiger partial charge in [-0.15, -0.1) is 0 Å². The highest BCUT2D eigenvalue weighted by Gasteiger charge is 2.13. The van der Waals surface area contributed by atoms with Gasteiger partial charge >= 0.3 is 5.97 Å². The summed E-state index contributed by atoms with van der Waals surface area (Å²) in [6, 6.07) is 13.6. The molecule has 0 saturated heterocycles. The second-order valence-electron chi connectivity index (χ2n) is 7.87. The number of ether oxygens (including phenoxy) is 1. The van der Waals surface area contributed by atoms with Crippen molar-refractivity contribution in [3.8, 4) is 17.0 Å². The van der Waals surface area contributed by atoms with Gasteiger partial charge in [-0.3, -0.25) is 9.78 Å². The van der Waals surface area contributed by atoms with Crippen LogP contribution in [0.4, 0.5) is 5.82 Å². The van der Waals surface area contributed by atoms with Crippen molar-refractivity contribution in [2.75, 3.05) is 11.4 Å². The van der Waals surface area contributed by atoms with Gasteiger partial charge in [0.1, 0.15) is 11.6 Å². The molecule has 0 saturated carbocycles. The summed E-state index contributed by atoms with van der Waals surface area (Å²) in [5.41, 5.74) is 3.87. The zero-order chi connectivity index (χ0) is 22.9. The number of aryl methyl sites for hydroxylation is 1. The Morgan fingerprint density at radius 3 is 2.53 bits per heavy atom. The molecule has 0 fully saturated rings. The van der Waals surface area contributed by atoms with E-state index in [0.29, 0.717) is 23.7 Å². The SMILES string of the molecule is CCCCN(Cc1ccc(OC(=O)CCC)c(C)c1)c1cncc(-c2ccc(Cl)cc2)n1. The van der Waals surface area contributed by atoms with E-state index < -0.39 is 0 Å². The summed E-state index contributed by atoms with van der Waals surface area (Å²) in [6.45, 7) is 7.68. The van der Waals surface area contributed by atoms with Crippen LogP contribution in [0.1, 0.15) is 50.7 Å². The average molecular weight is 452 g/mol. The van der Waals surface area contributed by atoms with Gasteiger partial charge < -0.3 is 9.64 Å². The predicted octanol–water partition coefficient (Wildman–Crippen LogP) is 6.62. The normalized spacial score (nSPS) is 10.8. The Balaban J connectivity index is 1.81. The fourth-order valence-corrected chi connectivity index (χ4v) is 3.54. The van der Waals surface area contributed by atoms with Crippen molar-refractivity contribution in [2.45, 2.75) is 53.0 Å². The lowest BCUT2D eigenvalue weighted by atomic mass is 10.1. The number of esters is 1. The van der Waals surface area contributed by atoms with Gasteiger partial charge in [0.2, 0.25) is 0 Å². The number of halogens is 1. The number of carbonyl (C=O) groups excluding carboxylic acids is 1. The van der Waals surface area contributed by atoms with Crippen molar-refractivity contribution in [1.82, 2.24) is 9.97 Å². The lowest BCUT2D eigenvalue weighted by molar-refractivity contribution is -0.134. The van der Waals surface area contributed by atoms with Crippen LogP contribution >= 0.6 is 11.6 Å². The second-order valence-corrected chi connectivity index (χ2v) is 8.30. The van der Waals surface area contributed by atoms with Crippen LogP contribution in [0, 0.1) is 6.92 Å². The van der Waals surface area contributed by atoms with Crippen LogP contribution in [-0.4, -0.2) is 22.5 Å². The number of carbonyl (C=O) groups is 1. The topological polar surface area (TPSA) is 55.3 Å². The van der Waals surface area contributed by atoms with E-state index in [4.69, 9.17) is 21.3 Å². The molecular weight excluding hydrogens is 422 g/mol. The number of unbranched alkanes of at least 4 members (excludes halogenated alkanes) is 1. The molecule has 0 bridgehead atoms. The highest BCUT2D eigenvalue weighted by Crippen LogP contribution is 2.25. The van der Waals surface area contributed by atoms with Gasteiger partial charge in [0, 0.05) is 30.1 Å². The van der Waals surface area contributed by atoms with Crippen molar-refractivity contribution in [3.05, 3.63) is 71.0 Å². The molecule has 0 aliphatic rings. The second kappa shape index (κ2) is 11.6. The predicted molar refractivity (Wildman–Crippen MR) is 130 cm³/mol. The van der Waals surface area contributed by atoms with Crippen LogP contribution in [0.3, 0.4) is 0 Å². The van der Waals surface area contributed by atoms with Crippen molar-refractivity contribution in [1.29, 1.82) is 0 Å². The van der Waals surface area contributed by atoms with Crippen molar-refractivity contribution < 1.29 is 9.53 Å². The number of hydrogen-bond donors (Lipinski definition) is 0. The third kappa shape index (κ3) is 6.54. The van der Waals surface area contributed by atoms with E-state index in [1.807, 2.05) is 56.4 Å².